The Bertz CT molecular complexity index is 911. The van der Waals surface area contributed by atoms with Gasteiger partial charge in [0.05, 0.1) is 19.1 Å². The standard InChI is InChI=1S/C22H30N2O4S/c1-5-21(22(25)23-15-7-8-18-13-11-17(2)12-14-18)24(29(4,26)27)19-9-6-10-20(16-19)28-3/h6,9-14,16,21H,5,7-8,15H2,1-4H3,(H,23,25)/t21-/m0/s1. The SMILES string of the molecule is CC[C@@H](C(=O)NCCCc1ccc(C)cc1)N(c1cccc(OC)c1)S(C)(=O)=O. The molecule has 1 N–H and O–H groups in total. The van der Waals surface area contributed by atoms with Gasteiger partial charge < -0.3 is 10.1 Å². The molecule has 1 atom stereocenters. The van der Waals surface area contributed by atoms with Gasteiger partial charge >= 0.3 is 0 Å². The van der Waals surface area contributed by atoms with Gasteiger partial charge in [0.1, 0.15) is 11.8 Å². The number of hydrogen-bond acceptors (Lipinski definition) is 4. The fourth-order valence-electron chi connectivity index (χ4n) is 3.18. The van der Waals surface area contributed by atoms with Crippen LogP contribution in [0, 0.1) is 6.92 Å². The van der Waals surface area contributed by atoms with E-state index in [1.54, 1.807) is 31.2 Å². The Morgan fingerprint density at radius 1 is 1.17 bits per heavy atom. The smallest absolute Gasteiger partial charge is 0.243 e. The van der Waals surface area contributed by atoms with E-state index in [2.05, 4.69) is 29.6 Å². The van der Waals surface area contributed by atoms with E-state index in [0.29, 0.717) is 24.4 Å². The summed E-state index contributed by atoms with van der Waals surface area (Å²) in [6.07, 6.45) is 3.10. The summed E-state index contributed by atoms with van der Waals surface area (Å²) < 4.78 is 31.3. The molecule has 6 nitrogen and oxygen atoms in total. The van der Waals surface area contributed by atoms with Gasteiger partial charge in [0, 0.05) is 12.6 Å². The van der Waals surface area contributed by atoms with Crippen LogP contribution in [0.15, 0.2) is 48.5 Å². The van der Waals surface area contributed by atoms with Gasteiger partial charge in [0.25, 0.3) is 0 Å². The van der Waals surface area contributed by atoms with E-state index in [1.807, 2.05) is 6.92 Å². The largest absolute Gasteiger partial charge is 0.497 e. The van der Waals surface area contributed by atoms with Gasteiger partial charge in [-0.05, 0) is 43.9 Å². The third-order valence-corrected chi connectivity index (χ3v) is 5.88. The number of ether oxygens (including phenoxy) is 1. The lowest BCUT2D eigenvalue weighted by Crippen LogP contribution is -2.49. The lowest BCUT2D eigenvalue weighted by atomic mass is 10.1. The summed E-state index contributed by atoms with van der Waals surface area (Å²) >= 11 is 0. The number of hydrogen-bond donors (Lipinski definition) is 1. The summed E-state index contributed by atoms with van der Waals surface area (Å²) in [5.74, 6) is 0.231. The van der Waals surface area contributed by atoms with Crippen molar-refractivity contribution in [2.24, 2.45) is 0 Å². The third-order valence-electron chi connectivity index (χ3n) is 4.70. The highest BCUT2D eigenvalue weighted by Gasteiger charge is 2.31. The average Bonchev–Trinajstić information content (AvgIpc) is 2.69. The first-order chi connectivity index (χ1) is 13.8. The minimum atomic E-state index is -3.66. The highest BCUT2D eigenvalue weighted by atomic mass is 32.2. The normalized spacial score (nSPS) is 12.3. The zero-order valence-corrected chi connectivity index (χ0v) is 18.3. The molecule has 2 aromatic carbocycles. The minimum absolute atomic E-state index is 0.301. The van der Waals surface area contributed by atoms with Crippen molar-refractivity contribution in [3.05, 3.63) is 59.7 Å². The molecule has 158 valence electrons. The number of methoxy groups -OCH3 is 1. The van der Waals surface area contributed by atoms with Crippen molar-refractivity contribution in [2.75, 3.05) is 24.2 Å². The van der Waals surface area contributed by atoms with Crippen LogP contribution in [0.2, 0.25) is 0 Å². The zero-order valence-electron chi connectivity index (χ0n) is 17.5. The van der Waals surface area contributed by atoms with Crippen LogP contribution in [0.25, 0.3) is 0 Å². The Morgan fingerprint density at radius 3 is 2.45 bits per heavy atom. The van der Waals surface area contributed by atoms with Crippen molar-refractivity contribution >= 4 is 21.6 Å². The molecule has 0 heterocycles. The summed E-state index contributed by atoms with van der Waals surface area (Å²) in [5.41, 5.74) is 2.84. The van der Waals surface area contributed by atoms with Crippen molar-refractivity contribution in [2.45, 2.75) is 39.2 Å². The number of rotatable bonds is 10. The van der Waals surface area contributed by atoms with Crippen LogP contribution in [-0.2, 0) is 21.2 Å². The predicted octanol–water partition coefficient (Wildman–Crippen LogP) is 3.30. The van der Waals surface area contributed by atoms with Crippen LogP contribution < -0.4 is 14.4 Å². The lowest BCUT2D eigenvalue weighted by molar-refractivity contribution is -0.122. The van der Waals surface area contributed by atoms with E-state index in [0.717, 1.165) is 19.1 Å². The first-order valence-corrected chi connectivity index (χ1v) is 11.6. The molecule has 7 heteroatoms. The number of nitrogens with zero attached hydrogens (tertiary/aromatic N) is 1. The number of carbonyl (C=O) groups excluding carboxylic acids is 1. The van der Waals surface area contributed by atoms with Crippen molar-refractivity contribution in [1.82, 2.24) is 5.32 Å². The molecule has 0 fully saturated rings. The molecule has 0 radical (unpaired) electrons. The van der Waals surface area contributed by atoms with Gasteiger partial charge in [0.2, 0.25) is 15.9 Å². The zero-order chi connectivity index (χ0) is 21.4. The number of carbonyl (C=O) groups is 1. The topological polar surface area (TPSA) is 75.7 Å². The molecule has 0 aliphatic heterocycles. The Labute approximate surface area is 173 Å². The molecule has 29 heavy (non-hydrogen) atoms. The van der Waals surface area contributed by atoms with Crippen LogP contribution in [0.1, 0.15) is 30.9 Å². The average molecular weight is 419 g/mol. The van der Waals surface area contributed by atoms with E-state index in [1.165, 1.54) is 22.5 Å². The third kappa shape index (κ3) is 6.49. The second-order valence-corrected chi connectivity index (χ2v) is 8.92. The monoisotopic (exact) mass is 418 g/mol. The summed E-state index contributed by atoms with van der Waals surface area (Å²) in [6, 6.07) is 14.2. The molecule has 0 unspecified atom stereocenters. The van der Waals surface area contributed by atoms with Gasteiger partial charge in [-0.25, -0.2) is 8.42 Å². The molecule has 1 amide bonds. The summed E-state index contributed by atoms with van der Waals surface area (Å²) in [4.78, 5) is 12.8. The number of aryl methyl sites for hydroxylation is 2. The van der Waals surface area contributed by atoms with Crippen LogP contribution in [-0.4, -0.2) is 40.3 Å². The van der Waals surface area contributed by atoms with Crippen molar-refractivity contribution in [3.63, 3.8) is 0 Å². The van der Waals surface area contributed by atoms with E-state index < -0.39 is 16.1 Å². The fraction of sp³-hybridized carbons (Fsp3) is 0.409. The Balaban J connectivity index is 2.06. The fourth-order valence-corrected chi connectivity index (χ4v) is 4.39. The summed E-state index contributed by atoms with van der Waals surface area (Å²) in [7, 11) is -2.14. The first kappa shape index (κ1) is 22.7. The van der Waals surface area contributed by atoms with Gasteiger partial charge in [-0.1, -0.05) is 42.8 Å². The number of benzene rings is 2. The number of nitrogens with one attached hydrogen (secondary N) is 1. The maximum Gasteiger partial charge on any atom is 0.243 e. The lowest BCUT2D eigenvalue weighted by Gasteiger charge is -2.30. The Kier molecular flexibility index (Phi) is 8.08. The summed E-state index contributed by atoms with van der Waals surface area (Å²) in [5, 5.41) is 2.89. The molecule has 0 aliphatic carbocycles. The van der Waals surface area contributed by atoms with Gasteiger partial charge in [0.15, 0.2) is 0 Å². The molecular weight excluding hydrogens is 388 g/mol. The maximum absolute atomic E-state index is 12.8. The highest BCUT2D eigenvalue weighted by Crippen LogP contribution is 2.26. The van der Waals surface area contributed by atoms with Crippen molar-refractivity contribution in [1.29, 1.82) is 0 Å². The Morgan fingerprint density at radius 2 is 1.86 bits per heavy atom. The molecular formula is C22H30N2O4S. The van der Waals surface area contributed by atoms with E-state index in [4.69, 9.17) is 4.74 Å². The molecule has 0 aliphatic rings. The molecule has 0 bridgehead atoms. The van der Waals surface area contributed by atoms with E-state index >= 15 is 0 Å². The van der Waals surface area contributed by atoms with E-state index in [-0.39, 0.29) is 5.91 Å². The molecule has 2 rings (SSSR count). The maximum atomic E-state index is 12.8. The number of amides is 1. The van der Waals surface area contributed by atoms with Gasteiger partial charge in [-0.15, -0.1) is 0 Å². The van der Waals surface area contributed by atoms with Crippen molar-refractivity contribution < 1.29 is 17.9 Å². The summed E-state index contributed by atoms with van der Waals surface area (Å²) in [6.45, 7) is 4.33. The van der Waals surface area contributed by atoms with Gasteiger partial charge in [-0.2, -0.15) is 0 Å². The minimum Gasteiger partial charge on any atom is -0.497 e. The van der Waals surface area contributed by atoms with Crippen LogP contribution in [0.4, 0.5) is 5.69 Å². The van der Waals surface area contributed by atoms with Crippen molar-refractivity contribution in [3.8, 4) is 5.75 Å². The first-order valence-electron chi connectivity index (χ1n) is 9.73. The van der Waals surface area contributed by atoms with Crippen LogP contribution in [0.5, 0.6) is 5.75 Å². The predicted molar refractivity (Wildman–Crippen MR) is 117 cm³/mol. The second-order valence-electron chi connectivity index (χ2n) is 7.06. The Hall–Kier alpha value is -2.54. The quantitative estimate of drug-likeness (QED) is 0.601. The van der Waals surface area contributed by atoms with E-state index in [9.17, 15) is 13.2 Å². The molecule has 0 saturated heterocycles. The van der Waals surface area contributed by atoms with Gasteiger partial charge in [-0.3, -0.25) is 9.10 Å². The second kappa shape index (κ2) is 10.3. The molecule has 2 aromatic rings. The van der Waals surface area contributed by atoms with Crippen LogP contribution in [0.3, 0.4) is 0 Å². The molecule has 0 saturated carbocycles. The number of anilines is 1. The molecule has 0 aromatic heterocycles. The number of sulfonamides is 1. The molecule has 0 spiro atoms. The van der Waals surface area contributed by atoms with Crippen LogP contribution >= 0.6 is 0 Å². The highest BCUT2D eigenvalue weighted by molar-refractivity contribution is 7.92.